The highest BCUT2D eigenvalue weighted by Crippen LogP contribution is 2.27. The Morgan fingerprint density at radius 2 is 1.67 bits per heavy atom. The Hall–Kier alpha value is -4.82. The third-order valence-electron chi connectivity index (χ3n) is 5.96. The van der Waals surface area contributed by atoms with Crippen molar-refractivity contribution in [3.63, 3.8) is 0 Å². The largest absolute Gasteiger partial charge is 0.488 e. The van der Waals surface area contributed by atoms with Gasteiger partial charge in [-0.05, 0) is 69.5 Å². The highest BCUT2D eigenvalue weighted by molar-refractivity contribution is 9.10. The quantitative estimate of drug-likeness (QED) is 0.157. The molecule has 0 atom stereocenters. The van der Waals surface area contributed by atoms with E-state index in [4.69, 9.17) is 14.8 Å². The molecule has 0 bridgehead atoms. The number of hydrazone groups is 1. The first-order chi connectivity index (χ1) is 19.0. The highest BCUT2D eigenvalue weighted by Gasteiger charge is 2.13. The first-order valence-corrected chi connectivity index (χ1v) is 12.8. The normalized spacial score (nSPS) is 11.0. The van der Waals surface area contributed by atoms with Gasteiger partial charge in [0.1, 0.15) is 12.4 Å². The van der Waals surface area contributed by atoms with Gasteiger partial charge in [-0.2, -0.15) is 5.10 Å². The number of halogens is 1. The summed E-state index contributed by atoms with van der Waals surface area (Å²) in [4.78, 5) is 28.8. The van der Waals surface area contributed by atoms with Crippen molar-refractivity contribution < 1.29 is 19.4 Å². The van der Waals surface area contributed by atoms with E-state index in [1.165, 1.54) is 0 Å². The minimum atomic E-state index is -0.968. The number of benzene rings is 4. The van der Waals surface area contributed by atoms with E-state index in [-0.39, 0.29) is 18.1 Å². The lowest BCUT2D eigenvalue weighted by Crippen LogP contribution is -2.18. The number of hydrogen-bond acceptors (Lipinski definition) is 5. The summed E-state index contributed by atoms with van der Waals surface area (Å²) < 4.78 is 6.57. The molecule has 2 N–H and O–H groups in total. The van der Waals surface area contributed by atoms with Crippen LogP contribution < -0.4 is 10.2 Å². The maximum atomic E-state index is 13.1. The molecule has 1 aromatic heterocycles. The maximum absolute atomic E-state index is 13.1. The Morgan fingerprint density at radius 3 is 2.41 bits per heavy atom. The molecule has 0 aliphatic rings. The Balaban J connectivity index is 1.27. The van der Waals surface area contributed by atoms with Crippen molar-refractivity contribution in [3.05, 3.63) is 130 Å². The van der Waals surface area contributed by atoms with E-state index in [1.807, 2.05) is 66.7 Å². The van der Waals surface area contributed by atoms with Gasteiger partial charge in [0.25, 0.3) is 5.91 Å². The molecule has 0 saturated carbocycles. The lowest BCUT2D eigenvalue weighted by Gasteiger charge is -2.10. The molecule has 8 heteroatoms. The van der Waals surface area contributed by atoms with E-state index in [0.29, 0.717) is 21.5 Å². The summed E-state index contributed by atoms with van der Waals surface area (Å²) >= 11 is 3.51. The zero-order chi connectivity index (χ0) is 27.2. The maximum Gasteiger partial charge on any atom is 0.335 e. The van der Waals surface area contributed by atoms with E-state index in [0.717, 1.165) is 27.6 Å². The zero-order valence-corrected chi connectivity index (χ0v) is 22.1. The minimum absolute atomic E-state index is 0.226. The van der Waals surface area contributed by atoms with Crippen LogP contribution in [0.4, 0.5) is 0 Å². The second-order valence-electron chi connectivity index (χ2n) is 8.62. The van der Waals surface area contributed by atoms with Crippen molar-refractivity contribution in [1.29, 1.82) is 0 Å². The van der Waals surface area contributed by atoms with Crippen molar-refractivity contribution in [2.45, 2.75) is 6.61 Å². The number of ether oxygens (including phenoxy) is 1. The molecular formula is C31H22BrN3O4. The average Bonchev–Trinajstić information content (AvgIpc) is 2.96. The Kier molecular flexibility index (Phi) is 7.75. The van der Waals surface area contributed by atoms with Gasteiger partial charge >= 0.3 is 5.97 Å². The fraction of sp³-hybridized carbons (Fsp3) is 0.0323. The number of amides is 1. The molecule has 0 aliphatic carbocycles. The molecule has 0 radical (unpaired) electrons. The summed E-state index contributed by atoms with van der Waals surface area (Å²) in [5.74, 6) is -0.685. The number of carbonyl (C=O) groups is 2. The van der Waals surface area contributed by atoms with Gasteiger partial charge in [0.2, 0.25) is 0 Å². The van der Waals surface area contributed by atoms with E-state index in [2.05, 4.69) is 26.5 Å². The van der Waals surface area contributed by atoms with E-state index in [1.54, 1.807) is 42.6 Å². The lowest BCUT2D eigenvalue weighted by molar-refractivity contribution is 0.0696. The van der Waals surface area contributed by atoms with E-state index in [9.17, 15) is 9.59 Å². The Labute approximate surface area is 232 Å². The number of nitrogens with zero attached hydrogens (tertiary/aromatic N) is 2. The topological polar surface area (TPSA) is 101 Å². The first-order valence-electron chi connectivity index (χ1n) is 12.0. The number of pyridine rings is 1. The predicted octanol–water partition coefficient (Wildman–Crippen LogP) is 6.71. The first kappa shape index (κ1) is 25.8. The van der Waals surface area contributed by atoms with Crippen molar-refractivity contribution in [3.8, 4) is 17.0 Å². The number of aromatic carboxylic acids is 1. The molecule has 1 heterocycles. The summed E-state index contributed by atoms with van der Waals surface area (Å²) in [5.41, 5.74) is 7.30. The summed E-state index contributed by atoms with van der Waals surface area (Å²) in [6.07, 6.45) is 1.55. The predicted molar refractivity (Wildman–Crippen MR) is 154 cm³/mol. The Morgan fingerprint density at radius 1 is 0.923 bits per heavy atom. The third-order valence-corrected chi connectivity index (χ3v) is 6.58. The standard InChI is InChI=1S/C31H22BrN3O4/c32-26-16-21(12-15-29(26)39-19-20-10-13-23(14-11-20)31(37)38)18-33-35-30(36)25-17-28(22-6-2-1-3-7-22)34-27-9-5-4-8-24(25)27/h1-18H,19H2,(H,35,36)(H,37,38)/b33-18+. The monoisotopic (exact) mass is 579 g/mol. The summed E-state index contributed by atoms with van der Waals surface area (Å²) in [7, 11) is 0. The van der Waals surface area contributed by atoms with Crippen LogP contribution in [0.5, 0.6) is 5.75 Å². The zero-order valence-electron chi connectivity index (χ0n) is 20.5. The van der Waals surface area contributed by atoms with Crippen LogP contribution in [-0.4, -0.2) is 28.2 Å². The fourth-order valence-corrected chi connectivity index (χ4v) is 4.48. The number of carboxylic acid groups (broad SMARTS) is 1. The molecule has 0 fully saturated rings. The van der Waals surface area contributed by atoms with E-state index >= 15 is 0 Å². The van der Waals surface area contributed by atoms with Crippen LogP contribution in [0.15, 0.2) is 113 Å². The van der Waals surface area contributed by atoms with Crippen molar-refractivity contribution in [2.24, 2.45) is 5.10 Å². The molecule has 4 aromatic carbocycles. The van der Waals surface area contributed by atoms with Crippen LogP contribution in [0, 0.1) is 0 Å². The molecule has 5 rings (SSSR count). The molecule has 5 aromatic rings. The van der Waals surface area contributed by atoms with Crippen LogP contribution in [0.2, 0.25) is 0 Å². The lowest BCUT2D eigenvalue weighted by atomic mass is 10.0. The van der Waals surface area contributed by atoms with Crippen LogP contribution in [0.25, 0.3) is 22.2 Å². The molecule has 1 amide bonds. The van der Waals surface area contributed by atoms with Gasteiger partial charge in [0.15, 0.2) is 0 Å². The van der Waals surface area contributed by atoms with Gasteiger partial charge in [-0.15, -0.1) is 0 Å². The number of carboxylic acids is 1. The van der Waals surface area contributed by atoms with Crippen LogP contribution in [0.1, 0.15) is 31.8 Å². The number of aromatic nitrogens is 1. The molecular weight excluding hydrogens is 558 g/mol. The summed E-state index contributed by atoms with van der Waals surface area (Å²) in [6, 6.07) is 31.0. The molecule has 39 heavy (non-hydrogen) atoms. The van der Waals surface area contributed by atoms with Crippen molar-refractivity contribution >= 4 is 44.9 Å². The highest BCUT2D eigenvalue weighted by atomic mass is 79.9. The molecule has 0 unspecified atom stereocenters. The number of rotatable bonds is 8. The van der Waals surface area contributed by atoms with Gasteiger partial charge in [0, 0.05) is 10.9 Å². The van der Waals surface area contributed by atoms with Crippen molar-refractivity contribution in [1.82, 2.24) is 10.4 Å². The van der Waals surface area contributed by atoms with E-state index < -0.39 is 5.97 Å². The second-order valence-corrected chi connectivity index (χ2v) is 9.47. The number of hydrogen-bond donors (Lipinski definition) is 2. The molecule has 0 spiro atoms. The van der Waals surface area contributed by atoms with Crippen LogP contribution in [-0.2, 0) is 6.61 Å². The van der Waals surface area contributed by atoms with Gasteiger partial charge in [-0.3, -0.25) is 4.79 Å². The summed E-state index contributed by atoms with van der Waals surface area (Å²) in [5, 5.41) is 13.9. The van der Waals surface area contributed by atoms with Gasteiger partial charge in [-0.25, -0.2) is 15.2 Å². The minimum Gasteiger partial charge on any atom is -0.488 e. The average molecular weight is 580 g/mol. The molecule has 0 saturated heterocycles. The van der Waals surface area contributed by atoms with Gasteiger partial charge in [0.05, 0.1) is 33.0 Å². The van der Waals surface area contributed by atoms with Gasteiger partial charge < -0.3 is 9.84 Å². The molecule has 0 aliphatic heterocycles. The smallest absolute Gasteiger partial charge is 0.335 e. The number of fused-ring (bicyclic) bond motifs is 1. The molecule has 7 nitrogen and oxygen atoms in total. The van der Waals surface area contributed by atoms with Crippen LogP contribution >= 0.6 is 15.9 Å². The third kappa shape index (κ3) is 6.19. The van der Waals surface area contributed by atoms with Crippen molar-refractivity contribution in [2.75, 3.05) is 0 Å². The van der Waals surface area contributed by atoms with Crippen LogP contribution in [0.3, 0.4) is 0 Å². The number of carbonyl (C=O) groups excluding carboxylic acids is 1. The second kappa shape index (κ2) is 11.7. The fourth-order valence-electron chi connectivity index (χ4n) is 3.96. The van der Waals surface area contributed by atoms with Gasteiger partial charge in [-0.1, -0.05) is 60.7 Å². The molecule has 192 valence electrons. The summed E-state index contributed by atoms with van der Waals surface area (Å²) in [6.45, 7) is 0.285. The Bertz CT molecular complexity index is 1690. The number of nitrogens with one attached hydrogen (secondary N) is 1. The number of para-hydroxylation sites is 1. The SMILES string of the molecule is O=C(O)c1ccc(COc2ccc(/C=N/NC(=O)c3cc(-c4ccccc4)nc4ccccc34)cc2Br)cc1.